The van der Waals surface area contributed by atoms with Gasteiger partial charge < -0.3 is 9.84 Å². The highest BCUT2D eigenvalue weighted by Gasteiger charge is 2.29. The summed E-state index contributed by atoms with van der Waals surface area (Å²) < 4.78 is 5.82. The molecule has 0 radical (unpaired) electrons. The summed E-state index contributed by atoms with van der Waals surface area (Å²) in [4.78, 5) is 12.9. The Hall–Kier alpha value is -2.75. The van der Waals surface area contributed by atoms with Gasteiger partial charge in [0.15, 0.2) is 5.78 Å². The molecule has 32 heavy (non-hydrogen) atoms. The number of aliphatic hydroxyl groups is 1. The van der Waals surface area contributed by atoms with Gasteiger partial charge in [-0.2, -0.15) is 0 Å². The Labute approximate surface area is 190 Å². The highest BCUT2D eigenvalue weighted by molar-refractivity contribution is 5.99. The lowest BCUT2D eigenvalue weighted by atomic mass is 9.81. The van der Waals surface area contributed by atoms with Crippen LogP contribution in [0.3, 0.4) is 0 Å². The second-order valence-corrected chi connectivity index (χ2v) is 9.37. The number of fused-ring (bicyclic) bond motifs is 2. The van der Waals surface area contributed by atoms with Crippen molar-refractivity contribution in [3.8, 4) is 0 Å². The van der Waals surface area contributed by atoms with E-state index in [1.807, 2.05) is 24.3 Å². The van der Waals surface area contributed by atoms with Gasteiger partial charge in [0.1, 0.15) is 0 Å². The Morgan fingerprint density at radius 2 is 1.91 bits per heavy atom. The van der Waals surface area contributed by atoms with Crippen LogP contribution in [0, 0.1) is 17.8 Å². The Balaban J connectivity index is 1.14. The van der Waals surface area contributed by atoms with E-state index < -0.39 is 0 Å². The number of ketones is 1. The second kappa shape index (κ2) is 9.01. The third-order valence-electron chi connectivity index (χ3n) is 7.08. The molecule has 0 bridgehead atoms. The molecule has 1 N–H and O–H groups in total. The molecule has 0 aromatic rings. The highest BCUT2D eigenvalue weighted by atomic mass is 16.5. The number of ether oxygens (including phenoxy) is 1. The van der Waals surface area contributed by atoms with E-state index in [1.165, 1.54) is 16.7 Å². The third kappa shape index (κ3) is 4.41. The molecular weight excluding hydrogens is 396 g/mol. The summed E-state index contributed by atoms with van der Waals surface area (Å²) in [5, 5.41) is 9.67. The molecule has 0 aromatic heterocycles. The Kier molecular flexibility index (Phi) is 5.95. The summed E-state index contributed by atoms with van der Waals surface area (Å²) in [5.74, 6) is 0.955. The number of aliphatic hydroxyl groups excluding tert-OH is 1. The van der Waals surface area contributed by atoms with Crippen LogP contribution in [-0.4, -0.2) is 30.2 Å². The van der Waals surface area contributed by atoms with Crippen LogP contribution in [0.4, 0.5) is 0 Å². The van der Waals surface area contributed by atoms with E-state index in [1.54, 1.807) is 0 Å². The smallest absolute Gasteiger partial charge is 0.163 e. The van der Waals surface area contributed by atoms with E-state index in [0.717, 1.165) is 36.0 Å². The van der Waals surface area contributed by atoms with E-state index in [0.29, 0.717) is 25.6 Å². The molecule has 3 heteroatoms. The molecule has 5 aliphatic carbocycles. The molecular formula is C29H30O3. The maximum Gasteiger partial charge on any atom is 0.163 e. The van der Waals surface area contributed by atoms with Gasteiger partial charge in [-0.05, 0) is 53.7 Å². The predicted octanol–water partition coefficient (Wildman–Crippen LogP) is 5.27. The van der Waals surface area contributed by atoms with Crippen molar-refractivity contribution in [3.63, 3.8) is 0 Å². The molecule has 1 saturated carbocycles. The van der Waals surface area contributed by atoms with Gasteiger partial charge in [-0.15, -0.1) is 0 Å². The number of Topliss-reactive ketones (excluding diaryl/α,β-unsaturated/α-hetero) is 1. The van der Waals surface area contributed by atoms with E-state index in [-0.39, 0.29) is 23.7 Å². The molecule has 0 heterocycles. The SMILES string of the molecule is C=C1C=C(C(=O)CCC2=CC3C=C(COCC4CCC4O)C=CC3=C2)C=C2C=CC=CC12. The Morgan fingerprint density at radius 3 is 2.72 bits per heavy atom. The minimum absolute atomic E-state index is 0.174. The first-order valence-electron chi connectivity index (χ1n) is 11.6. The first-order valence-corrected chi connectivity index (χ1v) is 11.6. The molecule has 1 fully saturated rings. The molecule has 0 spiro atoms. The average molecular weight is 427 g/mol. The van der Waals surface area contributed by atoms with Crippen molar-refractivity contribution in [2.75, 3.05) is 13.2 Å². The maximum absolute atomic E-state index is 12.9. The molecule has 5 rings (SSSR count). The van der Waals surface area contributed by atoms with Crippen LogP contribution in [0.2, 0.25) is 0 Å². The van der Waals surface area contributed by atoms with E-state index in [4.69, 9.17) is 4.74 Å². The zero-order valence-electron chi connectivity index (χ0n) is 18.4. The average Bonchev–Trinajstić information content (AvgIpc) is 3.21. The van der Waals surface area contributed by atoms with E-state index in [2.05, 4.69) is 49.1 Å². The molecule has 0 aromatic carbocycles. The first kappa shape index (κ1) is 21.1. The summed E-state index contributed by atoms with van der Waals surface area (Å²) in [5.41, 5.74) is 6.57. The summed E-state index contributed by atoms with van der Waals surface area (Å²) in [6.07, 6.45) is 26.2. The van der Waals surface area contributed by atoms with Crippen LogP contribution < -0.4 is 0 Å². The van der Waals surface area contributed by atoms with Gasteiger partial charge in [0.05, 0.1) is 19.3 Å². The van der Waals surface area contributed by atoms with Crippen molar-refractivity contribution in [2.45, 2.75) is 31.8 Å². The van der Waals surface area contributed by atoms with Crippen molar-refractivity contribution in [1.82, 2.24) is 0 Å². The maximum atomic E-state index is 12.9. The number of rotatable bonds is 8. The van der Waals surface area contributed by atoms with Crippen LogP contribution in [0.5, 0.6) is 0 Å². The number of carbonyl (C=O) groups excluding carboxylic acids is 1. The largest absolute Gasteiger partial charge is 0.393 e. The molecule has 0 saturated heterocycles. The number of allylic oxidation sites excluding steroid dienone is 15. The van der Waals surface area contributed by atoms with Crippen molar-refractivity contribution in [1.29, 1.82) is 0 Å². The predicted molar refractivity (Wildman–Crippen MR) is 128 cm³/mol. The highest BCUT2D eigenvalue weighted by Crippen LogP contribution is 2.35. The number of hydrogen-bond donors (Lipinski definition) is 1. The van der Waals surface area contributed by atoms with Gasteiger partial charge in [0, 0.05) is 29.7 Å². The van der Waals surface area contributed by atoms with Gasteiger partial charge >= 0.3 is 0 Å². The topological polar surface area (TPSA) is 46.5 Å². The minimum Gasteiger partial charge on any atom is -0.393 e. The second-order valence-electron chi connectivity index (χ2n) is 9.37. The summed E-state index contributed by atoms with van der Waals surface area (Å²) >= 11 is 0. The minimum atomic E-state index is -0.181. The molecule has 0 aliphatic heterocycles. The molecule has 164 valence electrons. The van der Waals surface area contributed by atoms with Gasteiger partial charge in [0.2, 0.25) is 0 Å². The zero-order valence-corrected chi connectivity index (χ0v) is 18.4. The van der Waals surface area contributed by atoms with Crippen LogP contribution in [0.25, 0.3) is 0 Å². The molecule has 4 atom stereocenters. The van der Waals surface area contributed by atoms with Crippen LogP contribution in [0.15, 0.2) is 107 Å². The number of hydrogen-bond acceptors (Lipinski definition) is 3. The summed E-state index contributed by atoms with van der Waals surface area (Å²) in [7, 11) is 0. The lowest BCUT2D eigenvalue weighted by molar-refractivity contribution is -0.115. The van der Waals surface area contributed by atoms with Crippen molar-refractivity contribution in [2.24, 2.45) is 17.8 Å². The zero-order chi connectivity index (χ0) is 22.1. The molecule has 5 aliphatic rings. The monoisotopic (exact) mass is 426 g/mol. The Morgan fingerprint density at radius 1 is 1.03 bits per heavy atom. The third-order valence-corrected chi connectivity index (χ3v) is 7.08. The van der Waals surface area contributed by atoms with Gasteiger partial charge in [0.25, 0.3) is 0 Å². The fourth-order valence-electron chi connectivity index (χ4n) is 4.91. The number of carbonyl (C=O) groups is 1. The van der Waals surface area contributed by atoms with Gasteiger partial charge in [-0.1, -0.05) is 66.8 Å². The van der Waals surface area contributed by atoms with Crippen LogP contribution in [-0.2, 0) is 9.53 Å². The summed E-state index contributed by atoms with van der Waals surface area (Å²) in [6, 6.07) is 0. The quantitative estimate of drug-likeness (QED) is 0.575. The summed E-state index contributed by atoms with van der Waals surface area (Å²) in [6.45, 7) is 5.37. The molecule has 0 amide bonds. The molecule has 4 unspecified atom stereocenters. The van der Waals surface area contributed by atoms with Crippen LogP contribution in [0.1, 0.15) is 25.7 Å². The fraction of sp³-hybridized carbons (Fsp3) is 0.345. The van der Waals surface area contributed by atoms with E-state index in [9.17, 15) is 9.90 Å². The normalized spacial score (nSPS) is 29.9. The van der Waals surface area contributed by atoms with Crippen molar-refractivity contribution >= 4 is 5.78 Å². The standard InChI is InChI=1S/C29H30O3/c1-19-12-26(16-23-4-2-3-5-27(19)23)29(31)10-7-20-13-22-8-6-21(15-25(22)14-20)17-32-18-24-9-11-28(24)30/h2-6,8,12-16,24-25,27-28,30H,1,7,9-11,17-18H2. The van der Waals surface area contributed by atoms with Crippen molar-refractivity contribution < 1.29 is 14.6 Å². The van der Waals surface area contributed by atoms with Crippen LogP contribution >= 0.6 is 0 Å². The first-order chi connectivity index (χ1) is 15.6. The lowest BCUT2D eigenvalue weighted by Crippen LogP contribution is -2.34. The van der Waals surface area contributed by atoms with Crippen molar-refractivity contribution in [3.05, 3.63) is 107 Å². The van der Waals surface area contributed by atoms with Gasteiger partial charge in [-0.25, -0.2) is 0 Å². The van der Waals surface area contributed by atoms with Gasteiger partial charge in [-0.3, -0.25) is 4.79 Å². The Bertz CT molecular complexity index is 1070. The fourth-order valence-corrected chi connectivity index (χ4v) is 4.91. The van der Waals surface area contributed by atoms with E-state index >= 15 is 0 Å². The molecule has 3 nitrogen and oxygen atoms in total. The lowest BCUT2D eigenvalue weighted by Gasteiger charge is -2.32.